The van der Waals surface area contributed by atoms with Crippen molar-refractivity contribution in [3.63, 3.8) is 0 Å². The number of carboxylic acids is 1. The summed E-state index contributed by atoms with van der Waals surface area (Å²) in [4.78, 5) is 11.8. The van der Waals surface area contributed by atoms with Crippen LogP contribution in [0.3, 0.4) is 0 Å². The van der Waals surface area contributed by atoms with E-state index in [1.807, 2.05) is 6.92 Å². The molecule has 0 saturated heterocycles. The Morgan fingerprint density at radius 2 is 2.00 bits per heavy atom. The molecule has 5 heteroatoms. The quantitative estimate of drug-likeness (QED) is 0.892. The Morgan fingerprint density at radius 1 is 1.42 bits per heavy atom. The second-order valence-corrected chi connectivity index (χ2v) is 5.86. The number of carboxylic acid groups (broad SMARTS) is 1. The summed E-state index contributed by atoms with van der Waals surface area (Å²) in [5.74, 6) is -0.587. The highest BCUT2D eigenvalue weighted by Crippen LogP contribution is 2.50. The number of ether oxygens (including phenoxy) is 1. The Bertz CT molecular complexity index is 519. The molecule has 2 N–H and O–H groups in total. The minimum atomic E-state index is -0.948. The lowest BCUT2D eigenvalue weighted by Crippen LogP contribution is -2.34. The van der Waals surface area contributed by atoms with Crippen molar-refractivity contribution in [2.45, 2.75) is 38.0 Å². The monoisotopic (exact) mass is 328 g/mol. The fraction of sp³-hybridized carbons (Fsp3) is 0.500. The molecule has 0 heterocycles. The van der Waals surface area contributed by atoms with E-state index < -0.39 is 11.4 Å². The Balaban J connectivity index is 2.76. The maximum atomic E-state index is 11.8. The molecule has 4 nitrogen and oxygen atoms in total. The van der Waals surface area contributed by atoms with E-state index >= 15 is 0 Å². The number of carbonyl (C=O) groups is 1. The topological polar surface area (TPSA) is 66.8 Å². The summed E-state index contributed by atoms with van der Waals surface area (Å²) in [5.41, 5.74) is 0.474. The van der Waals surface area contributed by atoms with Gasteiger partial charge in [-0.05, 0) is 31.4 Å². The predicted molar refractivity (Wildman–Crippen MR) is 74.9 cm³/mol. The first-order valence-electron chi connectivity index (χ1n) is 6.24. The molecule has 104 valence electrons. The minimum Gasteiger partial charge on any atom is -0.504 e. The average Bonchev–Trinajstić information content (AvgIpc) is 2.83. The molecule has 0 atom stereocenters. The zero-order valence-electron chi connectivity index (χ0n) is 11.0. The van der Waals surface area contributed by atoms with Crippen LogP contribution < -0.4 is 4.74 Å². The number of halogens is 1. The number of rotatable bonds is 3. The SMILES string of the molecule is COc1c(O)cc(Br)c(C)c1C1(C(=O)O)CCCC1. The zero-order chi connectivity index (χ0) is 14.2. The molecule has 0 spiro atoms. The van der Waals surface area contributed by atoms with Crippen molar-refractivity contribution in [3.05, 3.63) is 21.7 Å². The summed E-state index contributed by atoms with van der Waals surface area (Å²) >= 11 is 3.37. The summed E-state index contributed by atoms with van der Waals surface area (Å²) in [6.07, 6.45) is 2.91. The van der Waals surface area contributed by atoms with Gasteiger partial charge < -0.3 is 14.9 Å². The lowest BCUT2D eigenvalue weighted by atomic mass is 9.76. The third kappa shape index (κ3) is 2.10. The van der Waals surface area contributed by atoms with Gasteiger partial charge >= 0.3 is 5.97 Å². The van der Waals surface area contributed by atoms with Crippen molar-refractivity contribution < 1.29 is 19.7 Å². The maximum Gasteiger partial charge on any atom is 0.314 e. The molecule has 1 aromatic rings. The van der Waals surface area contributed by atoms with Gasteiger partial charge in [0.25, 0.3) is 0 Å². The van der Waals surface area contributed by atoms with E-state index in [1.165, 1.54) is 7.11 Å². The van der Waals surface area contributed by atoms with Crippen molar-refractivity contribution in [1.29, 1.82) is 0 Å². The molecular formula is C14H17BrO4. The van der Waals surface area contributed by atoms with Gasteiger partial charge in [0.05, 0.1) is 12.5 Å². The van der Waals surface area contributed by atoms with Crippen molar-refractivity contribution in [1.82, 2.24) is 0 Å². The third-order valence-corrected chi connectivity index (χ3v) is 4.83. The number of phenols is 1. The van der Waals surface area contributed by atoms with Crippen LogP contribution in [0.5, 0.6) is 11.5 Å². The molecule has 1 aliphatic rings. The molecule has 0 amide bonds. The molecule has 1 saturated carbocycles. The Labute approximate surface area is 120 Å². The molecular weight excluding hydrogens is 312 g/mol. The molecule has 19 heavy (non-hydrogen) atoms. The Hall–Kier alpha value is -1.23. The lowest BCUT2D eigenvalue weighted by Gasteiger charge is -2.29. The van der Waals surface area contributed by atoms with Crippen LogP contribution in [-0.4, -0.2) is 23.3 Å². The van der Waals surface area contributed by atoms with Crippen LogP contribution in [0.15, 0.2) is 10.5 Å². The smallest absolute Gasteiger partial charge is 0.314 e. The predicted octanol–water partition coefficient (Wildman–Crippen LogP) is 3.37. The summed E-state index contributed by atoms with van der Waals surface area (Å²) in [6.45, 7) is 1.85. The molecule has 0 aromatic heterocycles. The van der Waals surface area contributed by atoms with Gasteiger partial charge in [-0.2, -0.15) is 0 Å². The van der Waals surface area contributed by atoms with E-state index in [-0.39, 0.29) is 11.5 Å². The van der Waals surface area contributed by atoms with E-state index in [0.29, 0.717) is 22.9 Å². The number of hydrogen-bond acceptors (Lipinski definition) is 3. The summed E-state index contributed by atoms with van der Waals surface area (Å²) < 4.78 is 5.97. The van der Waals surface area contributed by atoms with Gasteiger partial charge in [-0.1, -0.05) is 28.8 Å². The molecule has 1 aromatic carbocycles. The van der Waals surface area contributed by atoms with Crippen LogP contribution in [0.1, 0.15) is 36.8 Å². The molecule has 0 unspecified atom stereocenters. The van der Waals surface area contributed by atoms with Crippen molar-refractivity contribution in [2.75, 3.05) is 7.11 Å². The number of benzene rings is 1. The maximum absolute atomic E-state index is 11.8. The van der Waals surface area contributed by atoms with Crippen molar-refractivity contribution >= 4 is 21.9 Å². The fourth-order valence-corrected chi connectivity index (χ4v) is 3.46. The van der Waals surface area contributed by atoms with E-state index in [0.717, 1.165) is 18.4 Å². The van der Waals surface area contributed by atoms with Gasteiger partial charge in [0.15, 0.2) is 11.5 Å². The molecule has 0 aliphatic heterocycles. The van der Waals surface area contributed by atoms with Crippen LogP contribution in [0.2, 0.25) is 0 Å². The van der Waals surface area contributed by atoms with Gasteiger partial charge in [0.2, 0.25) is 0 Å². The minimum absolute atomic E-state index is 0.0255. The molecule has 2 rings (SSSR count). The van der Waals surface area contributed by atoms with Crippen molar-refractivity contribution in [2.24, 2.45) is 0 Å². The normalized spacial score (nSPS) is 17.4. The number of methoxy groups -OCH3 is 1. The number of hydrogen-bond donors (Lipinski definition) is 2. The second-order valence-electron chi connectivity index (χ2n) is 5.01. The van der Waals surface area contributed by atoms with Gasteiger partial charge in [0.1, 0.15) is 0 Å². The second kappa shape index (κ2) is 5.04. The molecule has 0 bridgehead atoms. The number of phenolic OH excluding ortho intramolecular Hbond substituents is 1. The van der Waals surface area contributed by atoms with E-state index in [2.05, 4.69) is 15.9 Å². The summed E-state index contributed by atoms with van der Waals surface area (Å²) in [6, 6.07) is 1.54. The lowest BCUT2D eigenvalue weighted by molar-refractivity contribution is -0.143. The van der Waals surface area contributed by atoms with Gasteiger partial charge in [-0.3, -0.25) is 4.79 Å². The first-order valence-corrected chi connectivity index (χ1v) is 7.03. The van der Waals surface area contributed by atoms with Crippen molar-refractivity contribution in [3.8, 4) is 11.5 Å². The van der Waals surface area contributed by atoms with E-state index in [9.17, 15) is 15.0 Å². The van der Waals surface area contributed by atoms with E-state index in [4.69, 9.17) is 4.74 Å². The first-order chi connectivity index (χ1) is 8.94. The van der Waals surface area contributed by atoms with Gasteiger partial charge in [-0.15, -0.1) is 0 Å². The van der Waals surface area contributed by atoms with E-state index in [1.54, 1.807) is 6.07 Å². The average molecular weight is 329 g/mol. The van der Waals surface area contributed by atoms with Gasteiger partial charge in [0, 0.05) is 10.0 Å². The molecule has 0 radical (unpaired) electrons. The fourth-order valence-electron chi connectivity index (χ4n) is 3.04. The highest BCUT2D eigenvalue weighted by molar-refractivity contribution is 9.10. The largest absolute Gasteiger partial charge is 0.504 e. The Morgan fingerprint density at radius 3 is 2.47 bits per heavy atom. The molecule has 1 fully saturated rings. The van der Waals surface area contributed by atoms with Crippen LogP contribution in [0.4, 0.5) is 0 Å². The highest BCUT2D eigenvalue weighted by atomic mass is 79.9. The molecule has 1 aliphatic carbocycles. The van der Waals surface area contributed by atoms with Crippen LogP contribution in [-0.2, 0) is 10.2 Å². The first kappa shape index (κ1) is 14.2. The summed E-state index contributed by atoms with van der Waals surface area (Å²) in [5, 5.41) is 19.7. The van der Waals surface area contributed by atoms with Crippen LogP contribution in [0.25, 0.3) is 0 Å². The summed E-state index contributed by atoms with van der Waals surface area (Å²) in [7, 11) is 1.45. The number of aromatic hydroxyl groups is 1. The Kier molecular flexibility index (Phi) is 3.76. The standard InChI is InChI=1S/C14H17BrO4/c1-8-9(15)7-10(16)12(19-2)11(8)14(13(17)18)5-3-4-6-14/h7,16H,3-6H2,1-2H3,(H,17,18). The van der Waals surface area contributed by atoms with Crippen LogP contribution >= 0.6 is 15.9 Å². The number of aliphatic carboxylic acids is 1. The zero-order valence-corrected chi connectivity index (χ0v) is 12.6. The highest BCUT2D eigenvalue weighted by Gasteiger charge is 2.46. The third-order valence-electron chi connectivity index (χ3n) is 4.01. The van der Waals surface area contributed by atoms with Crippen LogP contribution in [0, 0.1) is 6.92 Å². The van der Waals surface area contributed by atoms with Gasteiger partial charge in [-0.25, -0.2) is 0 Å².